The van der Waals surface area contributed by atoms with Crippen molar-refractivity contribution in [2.45, 2.75) is 52.9 Å². The van der Waals surface area contributed by atoms with Gasteiger partial charge in [0.15, 0.2) is 0 Å². The number of rotatable bonds is 2. The summed E-state index contributed by atoms with van der Waals surface area (Å²) in [5.74, 6) is 1.04. The standard InChI is InChI=1S/C11H20/c1-4-5-10(3)8-9(2)11(10)6-7-11/h9H,4-8H2,1-3H3. The molecule has 2 aliphatic carbocycles. The minimum Gasteiger partial charge on any atom is -0.0654 e. The van der Waals surface area contributed by atoms with Gasteiger partial charge in [0.1, 0.15) is 0 Å². The molecular weight excluding hydrogens is 132 g/mol. The molecule has 0 aromatic carbocycles. The van der Waals surface area contributed by atoms with Crippen LogP contribution in [-0.2, 0) is 0 Å². The van der Waals surface area contributed by atoms with Crippen LogP contribution >= 0.6 is 0 Å². The van der Waals surface area contributed by atoms with Crippen molar-refractivity contribution in [2.24, 2.45) is 16.7 Å². The molecule has 0 radical (unpaired) electrons. The van der Waals surface area contributed by atoms with E-state index in [9.17, 15) is 0 Å². The number of hydrogen-bond donors (Lipinski definition) is 0. The molecule has 0 aliphatic heterocycles. The molecule has 0 saturated heterocycles. The molecule has 0 heterocycles. The van der Waals surface area contributed by atoms with Crippen LogP contribution in [-0.4, -0.2) is 0 Å². The Morgan fingerprint density at radius 3 is 2.36 bits per heavy atom. The number of hydrogen-bond acceptors (Lipinski definition) is 0. The summed E-state index contributed by atoms with van der Waals surface area (Å²) < 4.78 is 0. The fourth-order valence-corrected chi connectivity index (χ4v) is 3.67. The Morgan fingerprint density at radius 1 is 1.36 bits per heavy atom. The summed E-state index contributed by atoms with van der Waals surface area (Å²) in [5.41, 5.74) is 1.59. The monoisotopic (exact) mass is 152 g/mol. The Hall–Kier alpha value is 0. The van der Waals surface area contributed by atoms with Crippen molar-refractivity contribution < 1.29 is 0 Å². The molecule has 2 fully saturated rings. The van der Waals surface area contributed by atoms with E-state index in [1.165, 1.54) is 32.1 Å². The maximum absolute atomic E-state index is 2.52. The van der Waals surface area contributed by atoms with Crippen LogP contribution in [0, 0.1) is 16.7 Å². The van der Waals surface area contributed by atoms with Gasteiger partial charge in [-0.2, -0.15) is 0 Å². The van der Waals surface area contributed by atoms with Gasteiger partial charge in [-0.25, -0.2) is 0 Å². The van der Waals surface area contributed by atoms with Crippen molar-refractivity contribution in [3.63, 3.8) is 0 Å². The molecule has 2 aliphatic rings. The van der Waals surface area contributed by atoms with Gasteiger partial charge in [-0.15, -0.1) is 0 Å². The zero-order valence-electron chi connectivity index (χ0n) is 8.11. The molecule has 2 rings (SSSR count). The molecule has 0 heteroatoms. The van der Waals surface area contributed by atoms with Gasteiger partial charge in [0.2, 0.25) is 0 Å². The van der Waals surface area contributed by atoms with Crippen LogP contribution in [0.3, 0.4) is 0 Å². The lowest BCUT2D eigenvalue weighted by atomic mass is 9.51. The first-order valence-electron chi connectivity index (χ1n) is 5.15. The predicted molar refractivity (Wildman–Crippen MR) is 48.5 cm³/mol. The summed E-state index contributed by atoms with van der Waals surface area (Å²) >= 11 is 0. The third-order valence-corrected chi connectivity index (χ3v) is 4.49. The van der Waals surface area contributed by atoms with Crippen molar-refractivity contribution in [3.05, 3.63) is 0 Å². The molecule has 2 unspecified atom stereocenters. The van der Waals surface area contributed by atoms with Crippen LogP contribution in [0.1, 0.15) is 52.9 Å². The van der Waals surface area contributed by atoms with Crippen molar-refractivity contribution >= 4 is 0 Å². The van der Waals surface area contributed by atoms with Gasteiger partial charge in [-0.05, 0) is 42.4 Å². The van der Waals surface area contributed by atoms with Crippen LogP contribution in [0.2, 0.25) is 0 Å². The molecule has 0 nitrogen and oxygen atoms in total. The first-order chi connectivity index (χ1) is 5.15. The normalized spacial score (nSPS) is 45.5. The largest absolute Gasteiger partial charge is 0.0654 e. The maximum Gasteiger partial charge on any atom is -0.0217 e. The topological polar surface area (TPSA) is 0 Å². The van der Waals surface area contributed by atoms with Gasteiger partial charge in [0.25, 0.3) is 0 Å². The molecule has 0 aromatic rings. The first kappa shape index (κ1) is 7.64. The van der Waals surface area contributed by atoms with Crippen molar-refractivity contribution in [3.8, 4) is 0 Å². The first-order valence-corrected chi connectivity index (χ1v) is 5.15. The maximum atomic E-state index is 2.52. The van der Waals surface area contributed by atoms with E-state index in [0.717, 1.165) is 16.7 Å². The third kappa shape index (κ3) is 0.761. The van der Waals surface area contributed by atoms with Crippen molar-refractivity contribution in [1.82, 2.24) is 0 Å². The highest BCUT2D eigenvalue weighted by Gasteiger charge is 2.66. The molecule has 2 atom stereocenters. The Balaban J connectivity index is 2.06. The summed E-state index contributed by atoms with van der Waals surface area (Å²) in [6.45, 7) is 7.29. The summed E-state index contributed by atoms with van der Waals surface area (Å²) in [6.07, 6.45) is 7.42. The lowest BCUT2D eigenvalue weighted by Crippen LogP contribution is -2.46. The minimum absolute atomic E-state index is 0.751. The summed E-state index contributed by atoms with van der Waals surface area (Å²) in [6, 6.07) is 0. The highest BCUT2D eigenvalue weighted by Crippen LogP contribution is 2.75. The molecule has 2 saturated carbocycles. The van der Waals surface area contributed by atoms with E-state index in [0.29, 0.717) is 0 Å². The quantitative estimate of drug-likeness (QED) is 0.567. The van der Waals surface area contributed by atoms with E-state index in [1.54, 1.807) is 0 Å². The van der Waals surface area contributed by atoms with E-state index in [2.05, 4.69) is 20.8 Å². The molecule has 0 N–H and O–H groups in total. The fraction of sp³-hybridized carbons (Fsp3) is 1.00. The Morgan fingerprint density at radius 2 is 2.00 bits per heavy atom. The average molecular weight is 152 g/mol. The van der Waals surface area contributed by atoms with E-state index < -0.39 is 0 Å². The fourth-order valence-electron chi connectivity index (χ4n) is 3.67. The zero-order chi connectivity index (χ0) is 8.11. The van der Waals surface area contributed by atoms with Crippen LogP contribution in [0.4, 0.5) is 0 Å². The second-order valence-corrected chi connectivity index (χ2v) is 5.07. The van der Waals surface area contributed by atoms with Gasteiger partial charge >= 0.3 is 0 Å². The molecular formula is C11H20. The zero-order valence-corrected chi connectivity index (χ0v) is 8.11. The summed E-state index contributed by atoms with van der Waals surface area (Å²) in [4.78, 5) is 0. The van der Waals surface area contributed by atoms with Crippen LogP contribution in [0.5, 0.6) is 0 Å². The SMILES string of the molecule is CCCC1(C)CC(C)C12CC2. The molecule has 11 heavy (non-hydrogen) atoms. The van der Waals surface area contributed by atoms with E-state index >= 15 is 0 Å². The van der Waals surface area contributed by atoms with Crippen molar-refractivity contribution in [1.29, 1.82) is 0 Å². The molecule has 0 bridgehead atoms. The van der Waals surface area contributed by atoms with Gasteiger partial charge in [0.05, 0.1) is 0 Å². The highest BCUT2D eigenvalue weighted by molar-refractivity contribution is 5.15. The highest BCUT2D eigenvalue weighted by atomic mass is 14.7. The Labute approximate surface area is 70.4 Å². The molecule has 64 valence electrons. The van der Waals surface area contributed by atoms with Crippen molar-refractivity contribution in [2.75, 3.05) is 0 Å². The second-order valence-electron chi connectivity index (χ2n) is 5.07. The lowest BCUT2D eigenvalue weighted by molar-refractivity contribution is -0.0501. The smallest absolute Gasteiger partial charge is 0.0217 e. The molecule has 0 amide bonds. The molecule has 0 aromatic heterocycles. The van der Waals surface area contributed by atoms with Gasteiger partial charge in [-0.1, -0.05) is 27.2 Å². The van der Waals surface area contributed by atoms with Crippen LogP contribution < -0.4 is 0 Å². The van der Waals surface area contributed by atoms with Crippen LogP contribution in [0.25, 0.3) is 0 Å². The van der Waals surface area contributed by atoms with E-state index in [1.807, 2.05) is 0 Å². The van der Waals surface area contributed by atoms with Gasteiger partial charge in [0, 0.05) is 0 Å². The Kier molecular flexibility index (Phi) is 1.41. The van der Waals surface area contributed by atoms with Gasteiger partial charge in [-0.3, -0.25) is 0 Å². The van der Waals surface area contributed by atoms with Crippen LogP contribution in [0.15, 0.2) is 0 Å². The summed E-state index contributed by atoms with van der Waals surface area (Å²) in [5, 5.41) is 0. The Bertz CT molecular complexity index is 163. The van der Waals surface area contributed by atoms with Gasteiger partial charge < -0.3 is 0 Å². The average Bonchev–Trinajstić information content (AvgIpc) is 2.67. The summed E-state index contributed by atoms with van der Waals surface area (Å²) in [7, 11) is 0. The minimum atomic E-state index is 0.751. The predicted octanol–water partition coefficient (Wildman–Crippen LogP) is 3.61. The third-order valence-electron chi connectivity index (χ3n) is 4.49. The van der Waals surface area contributed by atoms with E-state index in [-0.39, 0.29) is 0 Å². The van der Waals surface area contributed by atoms with E-state index in [4.69, 9.17) is 0 Å². The second kappa shape index (κ2) is 2.02. The lowest BCUT2D eigenvalue weighted by Gasteiger charge is -2.54. The molecule has 1 spiro atoms.